The third-order valence-electron chi connectivity index (χ3n) is 0.206. The fourth-order valence-corrected chi connectivity index (χ4v) is 0.0821. The zero-order valence-corrected chi connectivity index (χ0v) is 3.79. The second-order valence-corrected chi connectivity index (χ2v) is 0.805. The van der Waals surface area contributed by atoms with Crippen molar-refractivity contribution in [3.8, 4) is 0 Å². The molecule has 0 heterocycles. The van der Waals surface area contributed by atoms with Crippen LogP contribution < -0.4 is 11.5 Å². The molecule has 2 amide bonds. The van der Waals surface area contributed by atoms with Crippen LogP contribution in [0.15, 0.2) is 0 Å². The van der Waals surface area contributed by atoms with Crippen molar-refractivity contribution < 1.29 is 19.4 Å². The van der Waals surface area contributed by atoms with E-state index >= 15 is 0 Å². The van der Waals surface area contributed by atoms with Gasteiger partial charge in [-0.15, -0.1) is 0 Å². The van der Waals surface area contributed by atoms with Gasteiger partial charge in [0.15, 0.2) is 0 Å². The average molecular weight is 168 g/mol. The average Bonchev–Trinajstić information content (AvgIpc) is 1.61. The third kappa shape index (κ3) is 15.8. The molecule has 50 valence electrons. The van der Waals surface area contributed by atoms with Crippen molar-refractivity contribution in [1.29, 1.82) is 0 Å². The minimum absolute atomic E-state index is 0. The molecule has 0 bridgehead atoms. The van der Waals surface area contributed by atoms with Gasteiger partial charge in [0.1, 0.15) is 0 Å². The van der Waals surface area contributed by atoms with Gasteiger partial charge in [0.05, 0.1) is 0 Å². The van der Waals surface area contributed by atoms with Crippen molar-refractivity contribution in [2.24, 2.45) is 11.5 Å². The number of hydrogen-bond donors (Lipinski definition) is 2. The van der Waals surface area contributed by atoms with Crippen LogP contribution in [0.3, 0.4) is 0 Å². The van der Waals surface area contributed by atoms with Gasteiger partial charge >= 0.3 is 71.3 Å². The molecule has 0 spiro atoms. The number of amides is 2. The van der Waals surface area contributed by atoms with E-state index in [1.165, 1.54) is 0 Å². The topological polar surface area (TPSA) is 105 Å². The predicted molar refractivity (Wildman–Crippen MR) is 35.6 cm³/mol. The maximum atomic E-state index is 9.57. The normalized spacial score (nSPS) is 6.00. The number of hydrogen-bond acceptors (Lipinski definition) is 4. The van der Waals surface area contributed by atoms with Gasteiger partial charge in [-0.05, 0) is 0 Å². The van der Waals surface area contributed by atoms with Crippen molar-refractivity contribution in [2.75, 3.05) is 0 Å². The van der Waals surface area contributed by atoms with Gasteiger partial charge < -0.3 is 11.5 Å². The molecule has 8 heteroatoms. The number of rotatable bonds is 0. The Kier molecular flexibility index (Phi) is 16.1. The van der Waals surface area contributed by atoms with Crippen LogP contribution in [0.4, 0.5) is 9.59 Å². The first-order valence-electron chi connectivity index (χ1n) is 1.56. The van der Waals surface area contributed by atoms with Crippen molar-refractivity contribution in [3.05, 3.63) is 0 Å². The Morgan fingerprint density at radius 1 is 0.900 bits per heavy atom. The Labute approximate surface area is 101 Å². The fraction of sp³-hybridized carbons (Fsp3) is 0. The molecular weight excluding hydrogens is 162 g/mol. The van der Waals surface area contributed by atoms with E-state index in [-0.39, 0.29) is 59.1 Å². The van der Waals surface area contributed by atoms with E-state index < -0.39 is 12.2 Å². The van der Waals surface area contributed by atoms with E-state index in [1.54, 1.807) is 0 Å². The SMILES string of the molecule is NC(=O)OOC(N)=O.[NaH].[NaH]. The second kappa shape index (κ2) is 9.54. The van der Waals surface area contributed by atoms with Crippen LogP contribution in [0.2, 0.25) is 0 Å². The molecule has 4 N–H and O–H groups in total. The van der Waals surface area contributed by atoms with Crippen LogP contribution in [-0.2, 0) is 9.78 Å². The van der Waals surface area contributed by atoms with Crippen molar-refractivity contribution in [1.82, 2.24) is 0 Å². The molecule has 6 nitrogen and oxygen atoms in total. The second-order valence-electron chi connectivity index (χ2n) is 0.805. The number of carbonyl (C=O) groups is 2. The first-order chi connectivity index (χ1) is 3.63. The summed E-state index contributed by atoms with van der Waals surface area (Å²) < 4.78 is 0. The summed E-state index contributed by atoms with van der Waals surface area (Å²) in [6.07, 6.45) is -2.44. The van der Waals surface area contributed by atoms with Gasteiger partial charge in [-0.2, -0.15) is 0 Å². The molecular formula is C2H6N2Na2O4. The molecule has 0 saturated carbocycles. The quantitative estimate of drug-likeness (QED) is 0.243. The van der Waals surface area contributed by atoms with Crippen LogP contribution in [-0.4, -0.2) is 71.3 Å². The zero-order valence-electron chi connectivity index (χ0n) is 3.79. The molecule has 0 aliphatic carbocycles. The zero-order chi connectivity index (χ0) is 6.57. The third-order valence-corrected chi connectivity index (χ3v) is 0.206. The van der Waals surface area contributed by atoms with Gasteiger partial charge in [0, 0.05) is 0 Å². The predicted octanol–water partition coefficient (Wildman–Crippen LogP) is -2.21. The molecule has 0 aromatic heterocycles. The van der Waals surface area contributed by atoms with E-state index in [0.29, 0.717) is 0 Å². The van der Waals surface area contributed by atoms with E-state index in [9.17, 15) is 9.59 Å². The monoisotopic (exact) mass is 168 g/mol. The van der Waals surface area contributed by atoms with Gasteiger partial charge in [-0.1, -0.05) is 0 Å². The van der Waals surface area contributed by atoms with Crippen molar-refractivity contribution in [2.45, 2.75) is 0 Å². The van der Waals surface area contributed by atoms with Gasteiger partial charge in [0.25, 0.3) is 0 Å². The van der Waals surface area contributed by atoms with Crippen LogP contribution in [0.1, 0.15) is 0 Å². The van der Waals surface area contributed by atoms with Crippen LogP contribution in [0.5, 0.6) is 0 Å². The Morgan fingerprint density at radius 2 is 1.10 bits per heavy atom. The molecule has 0 aliphatic heterocycles. The van der Waals surface area contributed by atoms with Gasteiger partial charge in [-0.3, -0.25) is 0 Å². The Bertz CT molecular complexity index is 104. The molecule has 0 saturated heterocycles. The molecule has 0 aromatic carbocycles. The Hall–Kier alpha value is 0.540. The number of carbonyl (C=O) groups excluding carboxylic acids is 2. The van der Waals surface area contributed by atoms with E-state index in [0.717, 1.165) is 0 Å². The molecule has 0 rings (SSSR count). The molecule has 0 fully saturated rings. The minimum atomic E-state index is -1.22. The van der Waals surface area contributed by atoms with Crippen molar-refractivity contribution >= 4 is 71.3 Å². The Morgan fingerprint density at radius 3 is 1.20 bits per heavy atom. The first-order valence-corrected chi connectivity index (χ1v) is 1.56. The van der Waals surface area contributed by atoms with E-state index in [1.807, 2.05) is 0 Å². The van der Waals surface area contributed by atoms with Crippen LogP contribution in [0.25, 0.3) is 0 Å². The molecule has 0 radical (unpaired) electrons. The van der Waals surface area contributed by atoms with Crippen molar-refractivity contribution in [3.63, 3.8) is 0 Å². The summed E-state index contributed by atoms with van der Waals surface area (Å²) in [6.45, 7) is 0. The fourth-order valence-electron chi connectivity index (χ4n) is 0.0821. The maximum absolute atomic E-state index is 9.57. The summed E-state index contributed by atoms with van der Waals surface area (Å²) in [5.41, 5.74) is 8.69. The molecule has 0 aromatic rings. The van der Waals surface area contributed by atoms with E-state index in [4.69, 9.17) is 0 Å². The number of primary amides is 2. The standard InChI is InChI=1S/C2H4N2O4.2Na.2H/c3-1(5)7-8-2(4)6;;;;/h(H2,3,5)(H2,4,6);;;;. The number of nitrogens with two attached hydrogens (primary N) is 2. The summed E-state index contributed by atoms with van der Waals surface area (Å²) in [5, 5.41) is 0. The van der Waals surface area contributed by atoms with Gasteiger partial charge in [-0.25, -0.2) is 19.4 Å². The summed E-state index contributed by atoms with van der Waals surface area (Å²) in [7, 11) is 0. The summed E-state index contributed by atoms with van der Waals surface area (Å²) in [6, 6.07) is 0. The first kappa shape index (κ1) is 16.9. The summed E-state index contributed by atoms with van der Waals surface area (Å²) in [5.74, 6) is 0. The molecule has 0 unspecified atom stereocenters. The van der Waals surface area contributed by atoms with Gasteiger partial charge in [0.2, 0.25) is 0 Å². The molecule has 0 atom stereocenters. The van der Waals surface area contributed by atoms with E-state index in [2.05, 4.69) is 21.2 Å². The van der Waals surface area contributed by atoms with Crippen LogP contribution >= 0.6 is 0 Å². The molecule has 10 heavy (non-hydrogen) atoms. The summed E-state index contributed by atoms with van der Waals surface area (Å²) >= 11 is 0. The summed E-state index contributed by atoms with van der Waals surface area (Å²) in [4.78, 5) is 26.1. The molecule has 0 aliphatic rings. The Balaban J connectivity index is -0.000000245. The van der Waals surface area contributed by atoms with Crippen LogP contribution in [0, 0.1) is 0 Å².